The topological polar surface area (TPSA) is 3.24 Å². The van der Waals surface area contributed by atoms with Crippen LogP contribution in [-0.2, 0) is 5.41 Å². The lowest BCUT2D eigenvalue weighted by Crippen LogP contribution is -2.33. The van der Waals surface area contributed by atoms with Crippen molar-refractivity contribution in [3.8, 4) is 11.1 Å². The monoisotopic (exact) mass is 683 g/mol. The van der Waals surface area contributed by atoms with Crippen LogP contribution in [0.15, 0.2) is 200 Å². The summed E-state index contributed by atoms with van der Waals surface area (Å²) in [6, 6.07) is 65.2. The fourth-order valence-electron chi connectivity index (χ4n) is 9.88. The van der Waals surface area contributed by atoms with Crippen LogP contribution < -0.4 is 15.3 Å². The molecular weight excluding hydrogens is 651 g/mol. The van der Waals surface area contributed by atoms with Crippen molar-refractivity contribution >= 4 is 71.8 Å². The number of fused-ring (bicyclic) bond motifs is 15. The van der Waals surface area contributed by atoms with Crippen molar-refractivity contribution in [1.29, 1.82) is 0 Å². The fourth-order valence-corrected chi connectivity index (χ4v) is 9.88. The third-order valence-electron chi connectivity index (χ3n) is 12.1. The van der Waals surface area contributed by atoms with Gasteiger partial charge in [-0.05, 0) is 142 Å². The lowest BCUT2D eigenvalue weighted by molar-refractivity contribution is 0.859. The number of anilines is 3. The average molecular weight is 684 g/mol. The molecule has 1 nitrogen and oxygen atoms in total. The molecule has 0 fully saturated rings. The summed E-state index contributed by atoms with van der Waals surface area (Å²) < 4.78 is 0. The van der Waals surface area contributed by atoms with E-state index in [9.17, 15) is 0 Å². The maximum absolute atomic E-state index is 2.51. The molecule has 1 heteroatoms. The van der Waals surface area contributed by atoms with Gasteiger partial charge in [0, 0.05) is 17.1 Å². The Morgan fingerprint density at radius 1 is 0.407 bits per heavy atom. The number of benzene rings is 9. The molecule has 0 aliphatic heterocycles. The minimum Gasteiger partial charge on any atom is -0.310 e. The highest BCUT2D eigenvalue weighted by atomic mass is 15.1. The summed E-state index contributed by atoms with van der Waals surface area (Å²) in [5.41, 5.74) is 11.2. The number of hydrogen-bond donors (Lipinski definition) is 0. The highest BCUT2D eigenvalue weighted by molar-refractivity contribution is 6.26. The van der Waals surface area contributed by atoms with Crippen LogP contribution in [0.2, 0.25) is 0 Å². The summed E-state index contributed by atoms with van der Waals surface area (Å²) in [6.45, 7) is 0. The van der Waals surface area contributed by atoms with Crippen LogP contribution >= 0.6 is 0 Å². The van der Waals surface area contributed by atoms with E-state index >= 15 is 0 Å². The highest BCUT2D eigenvalue weighted by Crippen LogP contribution is 2.57. The number of nitrogens with zero attached hydrogens (tertiary/aromatic N) is 1. The highest BCUT2D eigenvalue weighted by Gasteiger charge is 2.46. The first-order chi connectivity index (χ1) is 26.8. The number of para-hydroxylation sites is 1. The molecule has 9 aromatic carbocycles. The van der Waals surface area contributed by atoms with Crippen LogP contribution in [0, 0.1) is 0 Å². The minimum absolute atomic E-state index is 0.345. The quantitative estimate of drug-likeness (QED) is 0.168. The van der Waals surface area contributed by atoms with E-state index in [4.69, 9.17) is 0 Å². The molecule has 0 aromatic heterocycles. The molecule has 0 heterocycles. The molecule has 12 rings (SSSR count). The summed E-state index contributed by atoms with van der Waals surface area (Å²) >= 11 is 0. The first-order valence-corrected chi connectivity index (χ1v) is 18.8. The van der Waals surface area contributed by atoms with Crippen LogP contribution in [0.1, 0.15) is 11.1 Å². The van der Waals surface area contributed by atoms with Crippen molar-refractivity contribution in [3.63, 3.8) is 0 Å². The van der Waals surface area contributed by atoms with Crippen LogP contribution in [0.3, 0.4) is 0 Å². The van der Waals surface area contributed by atoms with Crippen molar-refractivity contribution in [3.05, 3.63) is 221 Å². The molecule has 3 aliphatic carbocycles. The van der Waals surface area contributed by atoms with Gasteiger partial charge in [-0.3, -0.25) is 0 Å². The largest absolute Gasteiger partial charge is 0.310 e. The molecule has 1 spiro atoms. The first kappa shape index (κ1) is 29.6. The summed E-state index contributed by atoms with van der Waals surface area (Å²) in [7, 11) is 0. The maximum Gasteiger partial charge on any atom is 0.0659 e. The lowest BCUT2D eigenvalue weighted by Gasteiger charge is -2.34. The van der Waals surface area contributed by atoms with Crippen LogP contribution in [0.25, 0.3) is 65.9 Å². The molecule has 54 heavy (non-hydrogen) atoms. The number of hydrogen-bond acceptors (Lipinski definition) is 1. The van der Waals surface area contributed by atoms with Crippen LogP contribution in [-0.4, -0.2) is 0 Å². The van der Waals surface area contributed by atoms with Crippen LogP contribution in [0.5, 0.6) is 0 Å². The van der Waals surface area contributed by atoms with Crippen molar-refractivity contribution in [2.45, 2.75) is 5.41 Å². The summed E-state index contributed by atoms with van der Waals surface area (Å²) in [5.74, 6) is 0. The van der Waals surface area contributed by atoms with E-state index in [0.29, 0.717) is 0 Å². The van der Waals surface area contributed by atoms with Crippen molar-refractivity contribution in [2.24, 2.45) is 0 Å². The Balaban J connectivity index is 1.15. The number of rotatable bonds is 3. The molecule has 0 N–H and O–H groups in total. The second-order valence-corrected chi connectivity index (χ2v) is 14.9. The number of allylic oxidation sites excluding steroid dienone is 4. The van der Waals surface area contributed by atoms with Gasteiger partial charge in [0.1, 0.15) is 0 Å². The second kappa shape index (κ2) is 11.0. The van der Waals surface area contributed by atoms with Gasteiger partial charge in [-0.25, -0.2) is 0 Å². The zero-order valence-corrected chi connectivity index (χ0v) is 29.5. The molecule has 0 bridgehead atoms. The van der Waals surface area contributed by atoms with E-state index in [1.807, 2.05) is 0 Å². The van der Waals surface area contributed by atoms with Gasteiger partial charge in [-0.2, -0.15) is 0 Å². The van der Waals surface area contributed by atoms with Gasteiger partial charge in [0.25, 0.3) is 0 Å². The molecule has 0 unspecified atom stereocenters. The van der Waals surface area contributed by atoms with E-state index in [1.54, 1.807) is 0 Å². The Morgan fingerprint density at radius 2 is 1.00 bits per heavy atom. The summed E-state index contributed by atoms with van der Waals surface area (Å²) in [6.07, 6.45) is 9.45. The average Bonchev–Trinajstić information content (AvgIpc) is 3.74. The predicted molar refractivity (Wildman–Crippen MR) is 228 cm³/mol. The van der Waals surface area contributed by atoms with Gasteiger partial charge >= 0.3 is 0 Å². The van der Waals surface area contributed by atoms with E-state index in [-0.39, 0.29) is 5.41 Å². The Morgan fingerprint density at radius 3 is 1.78 bits per heavy atom. The van der Waals surface area contributed by atoms with Gasteiger partial charge in [0.15, 0.2) is 0 Å². The molecule has 0 atom stereocenters. The van der Waals surface area contributed by atoms with Gasteiger partial charge in [-0.15, -0.1) is 0 Å². The Labute approximate surface area is 313 Å². The Kier molecular flexibility index (Phi) is 6.04. The molecule has 0 saturated carbocycles. The molecule has 0 saturated heterocycles. The molecule has 250 valence electrons. The van der Waals surface area contributed by atoms with Gasteiger partial charge in [0.2, 0.25) is 0 Å². The lowest BCUT2D eigenvalue weighted by atomic mass is 9.67. The van der Waals surface area contributed by atoms with Crippen molar-refractivity contribution in [1.82, 2.24) is 0 Å². The zero-order chi connectivity index (χ0) is 35.4. The van der Waals surface area contributed by atoms with Crippen molar-refractivity contribution < 1.29 is 0 Å². The normalized spacial score (nSPS) is 14.6. The standard InChI is InChI=1S/C53H33N/c1-2-16-38(17-3-1)54(39-25-24-34-13-4-5-14-35(34)30-39)40-26-27-43-48(32-40)42-19-7-6-18-41(42)47-31-37-29-36-15-12-28-53(52(36)46(37)33-49(43)47)50-22-10-8-20-44(50)45-21-9-11-23-51(45)53/h1-33H. The minimum atomic E-state index is -0.345. The predicted octanol–water partition coefficient (Wildman–Crippen LogP) is 12.2. The van der Waals surface area contributed by atoms with Gasteiger partial charge < -0.3 is 4.90 Å². The fraction of sp³-hybridized carbons (Fsp3) is 0.0189. The smallest absolute Gasteiger partial charge is 0.0659 e. The third-order valence-corrected chi connectivity index (χ3v) is 12.1. The molecule has 0 radical (unpaired) electrons. The zero-order valence-electron chi connectivity index (χ0n) is 29.5. The SMILES string of the molecule is C1=CC2(C3=c4cc5c6ccc(N(c7ccccc7)c7ccc8ccccc8c7)cc6c6ccccc6c5cc4=CC3=C1)c1ccccc1-c1ccccc12. The molecule has 3 aliphatic rings. The summed E-state index contributed by atoms with van der Waals surface area (Å²) in [4.78, 5) is 2.39. The van der Waals surface area contributed by atoms with Gasteiger partial charge in [-0.1, -0.05) is 146 Å². The molecule has 0 amide bonds. The van der Waals surface area contributed by atoms with E-state index < -0.39 is 0 Å². The summed E-state index contributed by atoms with van der Waals surface area (Å²) in [5, 5.41) is 12.8. The van der Waals surface area contributed by atoms with Crippen molar-refractivity contribution in [2.75, 3.05) is 4.90 Å². The first-order valence-electron chi connectivity index (χ1n) is 18.8. The van der Waals surface area contributed by atoms with Gasteiger partial charge in [0.05, 0.1) is 5.41 Å². The second-order valence-electron chi connectivity index (χ2n) is 14.9. The van der Waals surface area contributed by atoms with E-state index in [0.717, 1.165) is 17.1 Å². The van der Waals surface area contributed by atoms with E-state index in [2.05, 4.69) is 205 Å². The third kappa shape index (κ3) is 3.99. The molecule has 9 aromatic rings. The Bertz CT molecular complexity index is 3230. The molecular formula is C53H33N. The van der Waals surface area contributed by atoms with E-state index in [1.165, 1.54) is 86.9 Å². The van der Waals surface area contributed by atoms with Crippen LogP contribution in [0.4, 0.5) is 17.1 Å². The Hall–Kier alpha value is -6.96. The maximum atomic E-state index is 2.51.